The summed E-state index contributed by atoms with van der Waals surface area (Å²) in [5.74, 6) is -0.310. The van der Waals surface area contributed by atoms with Gasteiger partial charge in [-0.1, -0.05) is 0 Å². The second kappa shape index (κ2) is 5.27. The predicted octanol–water partition coefficient (Wildman–Crippen LogP) is 4.66. The molecule has 0 spiro atoms. The van der Waals surface area contributed by atoms with Gasteiger partial charge in [-0.05, 0) is 58.5 Å². The van der Waals surface area contributed by atoms with Gasteiger partial charge in [-0.15, -0.1) is 0 Å². The third kappa shape index (κ3) is 2.49. The first-order valence-corrected chi connectivity index (χ1v) is 7.55. The molecule has 108 valence electrons. The Morgan fingerprint density at radius 1 is 1.19 bits per heavy atom. The number of halogens is 2. The van der Waals surface area contributed by atoms with Gasteiger partial charge < -0.3 is 9.88 Å². The number of H-pyrrole nitrogens is 1. The van der Waals surface area contributed by atoms with Gasteiger partial charge in [-0.25, -0.2) is 4.39 Å². The monoisotopic (exact) mass is 365 g/mol. The van der Waals surface area contributed by atoms with Crippen LogP contribution in [0.15, 0.2) is 40.9 Å². The molecule has 0 bridgehead atoms. The van der Waals surface area contributed by atoms with Crippen LogP contribution in [0.1, 0.15) is 0 Å². The average Bonchev–Trinajstić information content (AvgIpc) is 2.75. The number of anilines is 1. The highest BCUT2D eigenvalue weighted by Crippen LogP contribution is 2.26. The van der Waals surface area contributed by atoms with Gasteiger partial charge in [0.1, 0.15) is 5.82 Å². The van der Waals surface area contributed by atoms with Crippen LogP contribution < -0.4 is 4.90 Å². The third-order valence-electron chi connectivity index (χ3n) is 3.35. The predicted molar refractivity (Wildman–Crippen MR) is 90.4 cm³/mol. The maximum atomic E-state index is 13.8. The summed E-state index contributed by atoms with van der Waals surface area (Å²) in [6.07, 6.45) is 0. The molecule has 1 heterocycles. The number of benzene rings is 2. The molecular formula is C15H13BrFN3S. The van der Waals surface area contributed by atoms with E-state index in [2.05, 4.69) is 20.9 Å². The summed E-state index contributed by atoms with van der Waals surface area (Å²) in [5, 5.41) is 0. The zero-order chi connectivity index (χ0) is 15.1. The summed E-state index contributed by atoms with van der Waals surface area (Å²) in [5.41, 5.74) is 3.51. The Balaban J connectivity index is 2.22. The van der Waals surface area contributed by atoms with Crippen molar-refractivity contribution in [1.82, 2.24) is 9.55 Å². The van der Waals surface area contributed by atoms with Gasteiger partial charge in [-0.3, -0.25) is 4.57 Å². The number of aromatic nitrogens is 2. The number of hydrogen-bond donors (Lipinski definition) is 1. The summed E-state index contributed by atoms with van der Waals surface area (Å²) in [6.45, 7) is 0. The third-order valence-corrected chi connectivity index (χ3v) is 4.24. The lowest BCUT2D eigenvalue weighted by Gasteiger charge is -2.13. The number of nitrogens with zero attached hydrogens (tertiary/aromatic N) is 2. The summed E-state index contributed by atoms with van der Waals surface area (Å²) in [7, 11) is 3.97. The van der Waals surface area contributed by atoms with Gasteiger partial charge in [-0.2, -0.15) is 0 Å². The maximum absolute atomic E-state index is 13.8. The molecule has 0 aliphatic heterocycles. The number of aromatic amines is 1. The van der Waals surface area contributed by atoms with Crippen LogP contribution in [-0.2, 0) is 0 Å². The van der Waals surface area contributed by atoms with Crippen LogP contribution in [-0.4, -0.2) is 23.6 Å². The summed E-state index contributed by atoms with van der Waals surface area (Å²) >= 11 is 8.55. The van der Waals surface area contributed by atoms with Crippen molar-refractivity contribution in [3.05, 3.63) is 51.5 Å². The smallest absolute Gasteiger partial charge is 0.182 e. The van der Waals surface area contributed by atoms with E-state index in [1.165, 1.54) is 6.07 Å². The van der Waals surface area contributed by atoms with Crippen molar-refractivity contribution in [2.24, 2.45) is 0 Å². The van der Waals surface area contributed by atoms with Gasteiger partial charge in [0.15, 0.2) is 4.77 Å². The minimum Gasteiger partial charge on any atom is -0.378 e. The molecule has 0 unspecified atom stereocenters. The SMILES string of the molecule is CN(C)c1ccc(-n2c(=S)[nH]c3cc(Br)c(F)cc32)cc1. The highest BCUT2D eigenvalue weighted by molar-refractivity contribution is 9.10. The van der Waals surface area contributed by atoms with E-state index in [1.807, 2.05) is 47.8 Å². The van der Waals surface area contributed by atoms with Gasteiger partial charge in [0.25, 0.3) is 0 Å². The Bertz CT molecular complexity index is 865. The van der Waals surface area contributed by atoms with E-state index >= 15 is 0 Å². The average molecular weight is 366 g/mol. The lowest BCUT2D eigenvalue weighted by atomic mass is 10.2. The van der Waals surface area contributed by atoms with Crippen LogP contribution in [0.2, 0.25) is 0 Å². The van der Waals surface area contributed by atoms with Gasteiger partial charge in [0.2, 0.25) is 0 Å². The molecule has 2 aromatic carbocycles. The molecule has 0 radical (unpaired) electrons. The molecule has 0 amide bonds. The van der Waals surface area contributed by atoms with Crippen molar-refractivity contribution < 1.29 is 4.39 Å². The molecule has 6 heteroatoms. The van der Waals surface area contributed by atoms with Crippen LogP contribution in [0.25, 0.3) is 16.7 Å². The van der Waals surface area contributed by atoms with E-state index in [-0.39, 0.29) is 5.82 Å². The molecule has 0 saturated heterocycles. The standard InChI is InChI=1S/C15H13BrFN3S/c1-19(2)9-3-5-10(6-4-9)20-14-8-12(17)11(16)7-13(14)18-15(20)21/h3-8H,1-2H3,(H,18,21). The fourth-order valence-electron chi connectivity index (χ4n) is 2.26. The van der Waals surface area contributed by atoms with E-state index in [0.717, 1.165) is 22.4 Å². The molecule has 0 aliphatic carbocycles. The van der Waals surface area contributed by atoms with Crippen molar-refractivity contribution in [3.63, 3.8) is 0 Å². The first-order valence-electron chi connectivity index (χ1n) is 6.35. The van der Waals surface area contributed by atoms with E-state index < -0.39 is 0 Å². The molecule has 0 fully saturated rings. The summed E-state index contributed by atoms with van der Waals surface area (Å²) in [6, 6.07) is 11.1. The van der Waals surface area contributed by atoms with Gasteiger partial charge in [0.05, 0.1) is 15.5 Å². The molecule has 1 aromatic heterocycles. The molecule has 3 rings (SSSR count). The van der Waals surface area contributed by atoms with Crippen molar-refractivity contribution in [2.45, 2.75) is 0 Å². The molecule has 21 heavy (non-hydrogen) atoms. The first-order chi connectivity index (χ1) is 9.97. The minimum absolute atomic E-state index is 0.310. The zero-order valence-electron chi connectivity index (χ0n) is 11.5. The Kier molecular flexibility index (Phi) is 3.59. The van der Waals surface area contributed by atoms with E-state index in [9.17, 15) is 4.39 Å². The molecular weight excluding hydrogens is 353 g/mol. The number of rotatable bonds is 2. The number of imidazole rings is 1. The van der Waals surface area contributed by atoms with Gasteiger partial charge >= 0.3 is 0 Å². The minimum atomic E-state index is -0.310. The highest BCUT2D eigenvalue weighted by Gasteiger charge is 2.10. The zero-order valence-corrected chi connectivity index (χ0v) is 13.9. The van der Waals surface area contributed by atoms with E-state index in [0.29, 0.717) is 9.24 Å². The van der Waals surface area contributed by atoms with Crippen LogP contribution in [0.4, 0.5) is 10.1 Å². The van der Waals surface area contributed by atoms with Crippen LogP contribution >= 0.6 is 28.1 Å². The van der Waals surface area contributed by atoms with Gasteiger partial charge in [0, 0.05) is 31.5 Å². The van der Waals surface area contributed by atoms with Crippen molar-refractivity contribution in [1.29, 1.82) is 0 Å². The second-order valence-electron chi connectivity index (χ2n) is 4.96. The fraction of sp³-hybridized carbons (Fsp3) is 0.133. The Hall–Kier alpha value is -1.66. The Morgan fingerprint density at radius 2 is 1.86 bits per heavy atom. The molecule has 1 N–H and O–H groups in total. The van der Waals surface area contributed by atoms with E-state index in [1.54, 1.807) is 6.07 Å². The molecule has 3 aromatic rings. The first kappa shape index (κ1) is 14.3. The second-order valence-corrected chi connectivity index (χ2v) is 6.20. The molecule has 0 atom stereocenters. The van der Waals surface area contributed by atoms with Crippen LogP contribution in [0.3, 0.4) is 0 Å². The van der Waals surface area contributed by atoms with E-state index in [4.69, 9.17) is 12.2 Å². The number of nitrogens with one attached hydrogen (secondary N) is 1. The van der Waals surface area contributed by atoms with Crippen molar-refractivity contribution >= 4 is 44.9 Å². The highest BCUT2D eigenvalue weighted by atomic mass is 79.9. The molecule has 3 nitrogen and oxygen atoms in total. The molecule has 0 saturated carbocycles. The Morgan fingerprint density at radius 3 is 2.48 bits per heavy atom. The van der Waals surface area contributed by atoms with Crippen LogP contribution in [0.5, 0.6) is 0 Å². The van der Waals surface area contributed by atoms with Crippen LogP contribution in [0, 0.1) is 10.6 Å². The molecule has 0 aliphatic rings. The summed E-state index contributed by atoms with van der Waals surface area (Å²) in [4.78, 5) is 5.12. The van der Waals surface area contributed by atoms with Crippen molar-refractivity contribution in [3.8, 4) is 5.69 Å². The fourth-order valence-corrected chi connectivity index (χ4v) is 2.92. The lowest BCUT2D eigenvalue weighted by molar-refractivity contribution is 0.622. The number of hydrogen-bond acceptors (Lipinski definition) is 2. The van der Waals surface area contributed by atoms with Crippen molar-refractivity contribution in [2.75, 3.05) is 19.0 Å². The quantitative estimate of drug-likeness (QED) is 0.668. The number of fused-ring (bicyclic) bond motifs is 1. The lowest BCUT2D eigenvalue weighted by Crippen LogP contribution is -2.08. The maximum Gasteiger partial charge on any atom is 0.182 e. The largest absolute Gasteiger partial charge is 0.378 e. The summed E-state index contributed by atoms with van der Waals surface area (Å²) < 4.78 is 16.6. The Labute approximate surface area is 135 Å². The topological polar surface area (TPSA) is 24.0 Å². The normalized spacial score (nSPS) is 11.0.